The van der Waals surface area contributed by atoms with Gasteiger partial charge in [0.2, 0.25) is 0 Å². The average Bonchev–Trinajstić information content (AvgIpc) is 2.61. The maximum atomic E-state index is 11.9. The van der Waals surface area contributed by atoms with Crippen LogP contribution in [0.15, 0.2) is 60.7 Å². The topological polar surface area (TPSA) is 35.5 Å². The van der Waals surface area contributed by atoms with Crippen LogP contribution < -0.4 is 5.48 Å². The monoisotopic (exact) mass is 332 g/mol. The van der Waals surface area contributed by atoms with Crippen LogP contribution in [-0.2, 0) is 6.54 Å². The highest BCUT2D eigenvalue weighted by molar-refractivity contribution is 5.14. The number of hydrogen-bond acceptors (Lipinski definition) is 3. The van der Waals surface area contributed by atoms with Crippen molar-refractivity contribution in [3.05, 3.63) is 72.0 Å². The van der Waals surface area contributed by atoms with E-state index in [0.29, 0.717) is 0 Å². The minimum absolute atomic E-state index is 0.107. The largest absolute Gasteiger partial charge is 0.317 e. The molecule has 1 atom stereocenters. The molecule has 3 nitrogen and oxygen atoms in total. The lowest BCUT2D eigenvalue weighted by molar-refractivity contribution is 0.105. The van der Waals surface area contributed by atoms with Crippen molar-refractivity contribution in [1.29, 1.82) is 0 Å². The summed E-state index contributed by atoms with van der Waals surface area (Å²) < 4.78 is 11.9. The Morgan fingerprint density at radius 2 is 1.62 bits per heavy atom. The van der Waals surface area contributed by atoms with E-state index in [2.05, 4.69) is 41.6 Å². The quantitative estimate of drug-likeness (QED) is 0.700. The number of nitrogens with one attached hydrogen (secondary N) is 1. The minimum Gasteiger partial charge on any atom is -0.317 e. The highest BCUT2D eigenvalue weighted by Crippen LogP contribution is 2.06. The van der Waals surface area contributed by atoms with Crippen molar-refractivity contribution in [2.75, 3.05) is 13.1 Å². The van der Waals surface area contributed by atoms with Crippen LogP contribution in [0.5, 0.6) is 0 Å². The predicted octanol–water partition coefficient (Wildman–Crippen LogP) is 4.48. The predicted molar refractivity (Wildman–Crippen MR) is 97.4 cm³/mol. The van der Waals surface area contributed by atoms with Crippen LogP contribution in [0.1, 0.15) is 32.3 Å². The summed E-state index contributed by atoms with van der Waals surface area (Å²) in [4.78, 5) is 2.38. The van der Waals surface area contributed by atoms with Crippen molar-refractivity contribution in [2.45, 2.75) is 39.3 Å². The smallest absolute Gasteiger partial charge is 0.123 e. The first-order chi connectivity index (χ1) is 11.7. The van der Waals surface area contributed by atoms with Crippen LogP contribution in [0.3, 0.4) is 0 Å². The van der Waals surface area contributed by atoms with Crippen molar-refractivity contribution in [1.82, 2.24) is 10.4 Å². The molecule has 132 valence electrons. The van der Waals surface area contributed by atoms with E-state index in [-0.39, 0.29) is 11.9 Å². The second-order valence-corrected chi connectivity index (χ2v) is 5.90. The average molecular weight is 332 g/mol. The highest BCUT2D eigenvalue weighted by atomic mass is 19.1. The van der Waals surface area contributed by atoms with Crippen LogP contribution in [0.4, 0.5) is 4.39 Å². The van der Waals surface area contributed by atoms with Gasteiger partial charge in [-0.15, -0.1) is 0 Å². The molecule has 0 bridgehead atoms. The molecule has 0 amide bonds. The lowest BCUT2D eigenvalue weighted by atomic mass is 10.2. The normalized spacial score (nSPS) is 11.7. The minimum atomic E-state index is -0.178. The van der Waals surface area contributed by atoms with E-state index in [4.69, 9.17) is 5.21 Å². The zero-order valence-corrected chi connectivity index (χ0v) is 14.7. The van der Waals surface area contributed by atoms with Gasteiger partial charge < -0.3 is 5.21 Å². The van der Waals surface area contributed by atoms with Gasteiger partial charge in [0.05, 0.1) is 0 Å². The van der Waals surface area contributed by atoms with E-state index in [1.54, 1.807) is 18.2 Å². The first-order valence-electron chi connectivity index (χ1n) is 8.52. The third kappa shape index (κ3) is 9.40. The first-order valence-corrected chi connectivity index (χ1v) is 8.52. The Morgan fingerprint density at radius 3 is 2.08 bits per heavy atom. The Hall–Kier alpha value is -1.75. The molecular weight excluding hydrogens is 303 g/mol. The number of hydrogen-bond donors (Lipinski definition) is 2. The summed E-state index contributed by atoms with van der Waals surface area (Å²) >= 11 is 0. The van der Waals surface area contributed by atoms with Crippen LogP contribution in [0.2, 0.25) is 0 Å². The van der Waals surface area contributed by atoms with Gasteiger partial charge in [-0.05, 0) is 37.6 Å². The van der Waals surface area contributed by atoms with Gasteiger partial charge in [-0.2, -0.15) is 0 Å². The highest BCUT2D eigenvalue weighted by Gasteiger charge is 2.09. The molecule has 1 unspecified atom stereocenters. The van der Waals surface area contributed by atoms with Crippen molar-refractivity contribution in [3.8, 4) is 0 Å². The molecule has 2 aromatic rings. The van der Waals surface area contributed by atoms with Gasteiger partial charge in [0.1, 0.15) is 5.82 Å². The van der Waals surface area contributed by atoms with Gasteiger partial charge >= 0.3 is 0 Å². The van der Waals surface area contributed by atoms with E-state index in [1.807, 2.05) is 13.0 Å². The Balaban J connectivity index is 0.000000341. The number of nitrogens with zero attached hydrogens (tertiary/aromatic N) is 1. The summed E-state index contributed by atoms with van der Waals surface area (Å²) in [5.74, 6) is -0.178. The van der Waals surface area contributed by atoms with Crippen molar-refractivity contribution in [2.24, 2.45) is 0 Å². The number of unbranched alkanes of at least 4 members (excludes halogenated alkanes) is 1. The lowest BCUT2D eigenvalue weighted by Crippen LogP contribution is -2.38. The number of halogens is 1. The third-order valence-electron chi connectivity index (χ3n) is 3.56. The summed E-state index contributed by atoms with van der Waals surface area (Å²) in [6, 6.07) is 18.5. The van der Waals surface area contributed by atoms with E-state index in [9.17, 15) is 4.39 Å². The fourth-order valence-electron chi connectivity index (χ4n) is 2.30. The van der Waals surface area contributed by atoms with Gasteiger partial charge in [0.25, 0.3) is 0 Å². The van der Waals surface area contributed by atoms with Crippen LogP contribution in [0.25, 0.3) is 0 Å². The molecule has 0 spiro atoms. The molecule has 0 aliphatic carbocycles. The Kier molecular flexibility index (Phi) is 10.7. The van der Waals surface area contributed by atoms with Crippen molar-refractivity contribution >= 4 is 0 Å². The second kappa shape index (κ2) is 12.6. The van der Waals surface area contributed by atoms with Crippen LogP contribution in [-0.4, -0.2) is 29.2 Å². The van der Waals surface area contributed by atoms with Gasteiger partial charge in [-0.1, -0.05) is 61.9 Å². The summed E-state index contributed by atoms with van der Waals surface area (Å²) in [5, 5.41) is 8.90. The number of rotatable bonds is 8. The fourth-order valence-corrected chi connectivity index (χ4v) is 2.30. The Morgan fingerprint density at radius 1 is 1.04 bits per heavy atom. The zero-order valence-electron chi connectivity index (χ0n) is 14.7. The third-order valence-corrected chi connectivity index (χ3v) is 3.56. The van der Waals surface area contributed by atoms with Gasteiger partial charge in [0.15, 0.2) is 0 Å². The Labute approximate surface area is 145 Å². The van der Waals surface area contributed by atoms with E-state index in [1.165, 1.54) is 30.5 Å². The van der Waals surface area contributed by atoms with E-state index >= 15 is 0 Å². The van der Waals surface area contributed by atoms with Gasteiger partial charge in [-0.3, -0.25) is 4.90 Å². The zero-order chi connectivity index (χ0) is 17.6. The molecule has 4 heteroatoms. The molecular formula is C20H29FN2O. The summed E-state index contributed by atoms with van der Waals surface area (Å²) in [6.45, 7) is 7.09. The van der Waals surface area contributed by atoms with E-state index < -0.39 is 0 Å². The lowest BCUT2D eigenvalue weighted by Gasteiger charge is -2.25. The molecule has 2 N–H and O–H groups in total. The van der Waals surface area contributed by atoms with Crippen molar-refractivity contribution < 1.29 is 9.60 Å². The molecule has 0 radical (unpaired) electrons. The molecule has 24 heavy (non-hydrogen) atoms. The van der Waals surface area contributed by atoms with Gasteiger partial charge in [-0.25, -0.2) is 9.87 Å². The second-order valence-electron chi connectivity index (χ2n) is 5.90. The summed E-state index contributed by atoms with van der Waals surface area (Å²) in [6.07, 6.45) is 2.40. The molecule has 2 rings (SSSR count). The number of hydroxylamine groups is 1. The summed E-state index contributed by atoms with van der Waals surface area (Å²) in [7, 11) is 0. The molecule has 0 saturated carbocycles. The van der Waals surface area contributed by atoms with E-state index in [0.717, 1.165) is 19.6 Å². The van der Waals surface area contributed by atoms with Gasteiger partial charge in [0, 0.05) is 19.1 Å². The van der Waals surface area contributed by atoms with Crippen LogP contribution >= 0.6 is 0 Å². The Bertz CT molecular complexity index is 522. The van der Waals surface area contributed by atoms with Crippen LogP contribution in [0, 0.1) is 5.82 Å². The first kappa shape index (κ1) is 20.3. The molecule has 0 heterocycles. The molecule has 0 aliphatic rings. The standard InChI is InChI=1S/C14H24N2O.C6H5F/c1-3-4-10-16(11-13(2)15-17)12-14-8-6-5-7-9-14;7-6-4-2-1-3-5-6/h5-9,13,15,17H,3-4,10-12H2,1-2H3;1-5H. The molecule has 0 saturated heterocycles. The maximum Gasteiger partial charge on any atom is 0.123 e. The fraction of sp³-hybridized carbons (Fsp3) is 0.400. The summed E-state index contributed by atoms with van der Waals surface area (Å²) in [5.41, 5.74) is 3.64. The number of benzene rings is 2. The maximum absolute atomic E-state index is 11.9. The SMILES string of the molecule is CCCCN(Cc1ccccc1)CC(C)NO.Fc1ccccc1. The molecule has 2 aromatic carbocycles. The molecule has 0 aromatic heterocycles. The molecule has 0 aliphatic heterocycles. The molecule has 0 fully saturated rings. The van der Waals surface area contributed by atoms with Crippen molar-refractivity contribution in [3.63, 3.8) is 0 Å².